The first kappa shape index (κ1) is 26.8. The first-order chi connectivity index (χ1) is 19.3. The Labute approximate surface area is 231 Å². The third kappa shape index (κ3) is 4.96. The van der Waals surface area contributed by atoms with E-state index in [4.69, 9.17) is 19.7 Å². The molecule has 2 saturated heterocycles. The maximum absolute atomic E-state index is 13.9. The van der Waals surface area contributed by atoms with Gasteiger partial charge in [0.1, 0.15) is 12.0 Å². The van der Waals surface area contributed by atoms with Gasteiger partial charge in [-0.05, 0) is 55.9 Å². The van der Waals surface area contributed by atoms with Gasteiger partial charge in [-0.25, -0.2) is 18.3 Å². The lowest BCUT2D eigenvalue weighted by Crippen LogP contribution is -2.56. The lowest BCUT2D eigenvalue weighted by atomic mass is 9.83. The molecule has 0 aliphatic carbocycles. The van der Waals surface area contributed by atoms with E-state index in [1.165, 1.54) is 4.90 Å². The van der Waals surface area contributed by atoms with Gasteiger partial charge in [-0.3, -0.25) is 4.90 Å². The number of likely N-dealkylation sites (tertiary alicyclic amines) is 1. The Morgan fingerprint density at radius 2 is 2.02 bits per heavy atom. The van der Waals surface area contributed by atoms with Gasteiger partial charge in [0, 0.05) is 54.6 Å². The van der Waals surface area contributed by atoms with Crippen molar-refractivity contribution < 1.29 is 28.2 Å². The monoisotopic (exact) mass is 555 g/mol. The molecule has 3 atom stereocenters. The fraction of sp³-hybridized carbons (Fsp3) is 0.517. The molecule has 3 aliphatic rings. The number of anilines is 1. The number of nitrogens with one attached hydrogen (secondary N) is 1. The van der Waals surface area contributed by atoms with Crippen LogP contribution in [0, 0.1) is 0 Å². The minimum atomic E-state index is -2.48. The normalized spacial score (nSPS) is 23.7. The third-order valence-corrected chi connectivity index (χ3v) is 8.40. The fourth-order valence-corrected chi connectivity index (χ4v) is 6.38. The van der Waals surface area contributed by atoms with Gasteiger partial charge in [0.2, 0.25) is 0 Å². The highest BCUT2D eigenvalue weighted by atomic mass is 19.3. The molecule has 40 heavy (non-hydrogen) atoms. The summed E-state index contributed by atoms with van der Waals surface area (Å²) >= 11 is 0. The average Bonchev–Trinajstić information content (AvgIpc) is 3.36. The second kappa shape index (κ2) is 10.9. The smallest absolute Gasteiger partial charge is 0.407 e. The molecule has 2 aromatic carbocycles. The van der Waals surface area contributed by atoms with Crippen molar-refractivity contribution in [3.63, 3.8) is 0 Å². The summed E-state index contributed by atoms with van der Waals surface area (Å²) in [5, 5.41) is 18.3. The predicted octanol–water partition coefficient (Wildman–Crippen LogP) is 5.12. The lowest BCUT2D eigenvalue weighted by molar-refractivity contribution is -0.0390. The zero-order valence-electron chi connectivity index (χ0n) is 22.7. The molecule has 0 radical (unpaired) electrons. The van der Waals surface area contributed by atoms with Crippen LogP contribution in [0.15, 0.2) is 36.5 Å². The summed E-state index contributed by atoms with van der Waals surface area (Å²) in [6.07, 6.45) is 2.28. The average molecular weight is 556 g/mol. The minimum Gasteiger partial charge on any atom is -0.496 e. The number of hydrogen-bond acceptors (Lipinski definition) is 6. The van der Waals surface area contributed by atoms with E-state index in [9.17, 15) is 13.6 Å². The highest BCUT2D eigenvalue weighted by molar-refractivity contribution is 5.84. The summed E-state index contributed by atoms with van der Waals surface area (Å²) in [5.74, 6) is 0.593. The van der Waals surface area contributed by atoms with E-state index in [2.05, 4.69) is 11.5 Å². The van der Waals surface area contributed by atoms with Crippen LogP contribution in [0.5, 0.6) is 5.75 Å². The summed E-state index contributed by atoms with van der Waals surface area (Å²) in [7, 11) is 1.58. The van der Waals surface area contributed by atoms with E-state index in [0.717, 1.165) is 59.2 Å². The molecule has 2 fully saturated rings. The number of hydrogen-bond donors (Lipinski definition) is 2. The molecule has 1 unspecified atom stereocenters. The molecule has 214 valence electrons. The summed E-state index contributed by atoms with van der Waals surface area (Å²) < 4.78 is 41.5. The highest BCUT2D eigenvalue weighted by Crippen LogP contribution is 2.44. The molecular weight excluding hydrogens is 520 g/mol. The number of ether oxygens (including phenoxy) is 2. The van der Waals surface area contributed by atoms with Gasteiger partial charge < -0.3 is 24.8 Å². The number of methoxy groups -OCH3 is 1. The first-order valence-corrected chi connectivity index (χ1v) is 13.9. The Morgan fingerprint density at radius 3 is 2.73 bits per heavy atom. The number of aromatic nitrogens is 2. The molecule has 0 spiro atoms. The Kier molecular flexibility index (Phi) is 7.26. The Morgan fingerprint density at radius 1 is 1.23 bits per heavy atom. The quantitative estimate of drug-likeness (QED) is 0.418. The third-order valence-electron chi connectivity index (χ3n) is 8.40. The van der Waals surface area contributed by atoms with E-state index >= 15 is 0 Å². The van der Waals surface area contributed by atoms with Gasteiger partial charge >= 0.3 is 6.09 Å². The van der Waals surface area contributed by atoms with Crippen LogP contribution < -0.4 is 10.1 Å². The Balaban J connectivity index is 1.37. The van der Waals surface area contributed by atoms with Gasteiger partial charge in [0.25, 0.3) is 6.43 Å². The minimum absolute atomic E-state index is 0.00961. The molecule has 0 saturated carbocycles. The first-order valence-electron chi connectivity index (χ1n) is 13.9. The predicted molar refractivity (Wildman–Crippen MR) is 146 cm³/mol. The number of alkyl halides is 2. The molecule has 3 aliphatic heterocycles. The maximum Gasteiger partial charge on any atom is 0.407 e. The SMILES string of the molecule is COc1cc(NC2CN(C(=O)O)C2)ccc1[C@@H]1c2ccc3nn(C4CCCCO4)cc3c2C[C@@H](C)N1CC(F)F. The maximum atomic E-state index is 13.9. The summed E-state index contributed by atoms with van der Waals surface area (Å²) in [5.41, 5.74) is 4.58. The standard InChI is InChI=1S/C29H35F2N5O4/c1-17-11-22-20(8-9-24-23(22)15-36(33-24)27-5-3-4-10-40-27)28(35(17)16-26(30)31)21-7-6-18(12-25(21)39-2)32-19-13-34(14-19)29(37)38/h6-9,12,15,17,19,26-28,32H,3-5,10-11,13-14,16H2,1-2H3,(H,37,38)/t17-,27?,28+/m1/s1. The number of amides is 1. The van der Waals surface area contributed by atoms with Crippen molar-refractivity contribution in [2.24, 2.45) is 0 Å². The Hall–Kier alpha value is -3.44. The van der Waals surface area contributed by atoms with E-state index in [1.54, 1.807) is 7.11 Å². The number of benzene rings is 2. The van der Waals surface area contributed by atoms with Crippen LogP contribution in [-0.4, -0.2) is 82.6 Å². The molecule has 11 heteroatoms. The molecule has 4 heterocycles. The van der Waals surface area contributed by atoms with Crippen LogP contribution >= 0.6 is 0 Å². The highest BCUT2D eigenvalue weighted by Gasteiger charge is 2.38. The van der Waals surface area contributed by atoms with E-state index in [-0.39, 0.29) is 24.9 Å². The zero-order valence-corrected chi connectivity index (χ0v) is 22.7. The van der Waals surface area contributed by atoms with E-state index in [1.807, 2.05) is 46.8 Å². The van der Waals surface area contributed by atoms with Gasteiger partial charge in [0.15, 0.2) is 0 Å². The van der Waals surface area contributed by atoms with Gasteiger partial charge in [-0.1, -0.05) is 12.1 Å². The van der Waals surface area contributed by atoms with Gasteiger partial charge in [-0.15, -0.1) is 0 Å². The molecule has 3 aromatic rings. The van der Waals surface area contributed by atoms with Crippen LogP contribution in [0.2, 0.25) is 0 Å². The summed E-state index contributed by atoms with van der Waals surface area (Å²) in [4.78, 5) is 14.3. The van der Waals surface area contributed by atoms with Crippen LogP contribution in [0.25, 0.3) is 10.9 Å². The number of halogens is 2. The number of rotatable bonds is 7. The number of fused-ring (bicyclic) bond motifs is 3. The second-order valence-electron chi connectivity index (χ2n) is 11.0. The molecule has 6 rings (SSSR count). The van der Waals surface area contributed by atoms with Crippen molar-refractivity contribution in [3.05, 3.63) is 53.2 Å². The van der Waals surface area contributed by atoms with Crippen molar-refractivity contribution in [2.75, 3.05) is 38.7 Å². The second-order valence-corrected chi connectivity index (χ2v) is 11.0. The van der Waals surface area contributed by atoms with E-state index < -0.39 is 18.6 Å². The van der Waals surface area contributed by atoms with Crippen molar-refractivity contribution in [1.29, 1.82) is 0 Å². The largest absolute Gasteiger partial charge is 0.496 e. The lowest BCUT2D eigenvalue weighted by Gasteiger charge is -2.42. The topological polar surface area (TPSA) is 92.1 Å². The number of carbonyl (C=O) groups is 1. The van der Waals surface area contributed by atoms with E-state index in [0.29, 0.717) is 25.3 Å². The van der Waals surface area contributed by atoms with Crippen molar-refractivity contribution in [2.45, 2.75) is 63.4 Å². The van der Waals surface area contributed by atoms with Crippen LogP contribution in [0.1, 0.15) is 55.1 Å². The van der Waals surface area contributed by atoms with Crippen molar-refractivity contribution in [3.8, 4) is 5.75 Å². The van der Waals surface area contributed by atoms with Crippen LogP contribution in [-0.2, 0) is 11.2 Å². The van der Waals surface area contributed by atoms with Crippen LogP contribution in [0.3, 0.4) is 0 Å². The number of nitrogens with zero attached hydrogens (tertiary/aromatic N) is 4. The molecular formula is C29H35F2N5O4. The van der Waals surface area contributed by atoms with Gasteiger partial charge in [-0.2, -0.15) is 5.10 Å². The van der Waals surface area contributed by atoms with Crippen molar-refractivity contribution in [1.82, 2.24) is 19.6 Å². The fourth-order valence-electron chi connectivity index (χ4n) is 6.38. The number of carboxylic acid groups (broad SMARTS) is 1. The van der Waals surface area contributed by atoms with Gasteiger partial charge in [0.05, 0.1) is 31.3 Å². The molecule has 0 bridgehead atoms. The zero-order chi connectivity index (χ0) is 28.0. The van der Waals surface area contributed by atoms with Crippen molar-refractivity contribution >= 4 is 22.7 Å². The molecule has 1 aromatic heterocycles. The Bertz CT molecular complexity index is 1390. The summed E-state index contributed by atoms with van der Waals surface area (Å²) in [6.45, 7) is 3.19. The molecule has 9 nitrogen and oxygen atoms in total. The van der Waals surface area contributed by atoms with Crippen LogP contribution in [0.4, 0.5) is 19.3 Å². The summed E-state index contributed by atoms with van der Waals surface area (Å²) in [6, 6.07) is 9.16. The molecule has 2 N–H and O–H groups in total. The molecule has 1 amide bonds.